The van der Waals surface area contributed by atoms with Crippen molar-refractivity contribution in [2.45, 2.75) is 13.0 Å². The Morgan fingerprint density at radius 3 is 2.93 bits per heavy atom. The van der Waals surface area contributed by atoms with E-state index in [1.54, 1.807) is 19.6 Å². The molecule has 1 aromatic rings. The summed E-state index contributed by atoms with van der Waals surface area (Å²) in [6, 6.07) is 0. The summed E-state index contributed by atoms with van der Waals surface area (Å²) in [5, 5.41) is 0. The number of anilines is 1. The molecule has 0 unspecified atom stereocenters. The van der Waals surface area contributed by atoms with Crippen LogP contribution in [0, 0.1) is 0 Å². The van der Waals surface area contributed by atoms with Gasteiger partial charge in [0.25, 0.3) is 0 Å². The summed E-state index contributed by atoms with van der Waals surface area (Å²) in [5.41, 5.74) is 5.46. The Hall–Kier alpha value is -1.07. The second-order valence-corrected chi connectivity index (χ2v) is 3.00. The Labute approximate surface area is 83.8 Å². The molecular weight excluding hydrogens is 182 g/mol. The third-order valence-electron chi connectivity index (χ3n) is 1.78. The molecule has 0 aliphatic carbocycles. The average molecular weight is 199 g/mol. The summed E-state index contributed by atoms with van der Waals surface area (Å²) in [5.74, 6) is 0.546. The topological polar surface area (TPSA) is 62.3 Å². The van der Waals surface area contributed by atoms with Gasteiger partial charge < -0.3 is 19.8 Å². The summed E-state index contributed by atoms with van der Waals surface area (Å²) in [4.78, 5) is 3.91. The molecular formula is C9H17N3O2. The van der Waals surface area contributed by atoms with Gasteiger partial charge in [0.15, 0.2) is 0 Å². The number of rotatable bonds is 7. The lowest BCUT2D eigenvalue weighted by molar-refractivity contribution is 0.0977. The molecule has 1 rings (SSSR count). The molecule has 5 heteroatoms. The van der Waals surface area contributed by atoms with E-state index in [0.29, 0.717) is 12.4 Å². The number of nitrogens with two attached hydrogens (primary N) is 1. The maximum absolute atomic E-state index is 5.46. The van der Waals surface area contributed by atoms with Crippen LogP contribution in [0.3, 0.4) is 0 Å². The molecule has 0 saturated carbocycles. The van der Waals surface area contributed by atoms with Gasteiger partial charge in [0.05, 0.1) is 12.9 Å². The van der Waals surface area contributed by atoms with Crippen molar-refractivity contribution in [3.63, 3.8) is 0 Å². The van der Waals surface area contributed by atoms with E-state index in [9.17, 15) is 0 Å². The quantitative estimate of drug-likeness (QED) is 0.650. The van der Waals surface area contributed by atoms with Crippen molar-refractivity contribution in [2.24, 2.45) is 0 Å². The Morgan fingerprint density at radius 2 is 2.29 bits per heavy atom. The number of imidazole rings is 1. The van der Waals surface area contributed by atoms with Crippen molar-refractivity contribution < 1.29 is 9.47 Å². The van der Waals surface area contributed by atoms with Crippen molar-refractivity contribution in [2.75, 3.05) is 32.7 Å². The van der Waals surface area contributed by atoms with Crippen molar-refractivity contribution in [1.82, 2.24) is 9.55 Å². The zero-order valence-electron chi connectivity index (χ0n) is 8.48. The van der Waals surface area contributed by atoms with Gasteiger partial charge in [-0.05, 0) is 6.42 Å². The molecule has 0 radical (unpaired) electrons. The lowest BCUT2D eigenvalue weighted by atomic mass is 10.5. The molecule has 0 fully saturated rings. The number of hydrogen-bond donors (Lipinski definition) is 1. The van der Waals surface area contributed by atoms with Gasteiger partial charge in [-0.2, -0.15) is 0 Å². The van der Waals surface area contributed by atoms with Crippen LogP contribution in [0.4, 0.5) is 5.82 Å². The highest BCUT2D eigenvalue weighted by atomic mass is 16.5. The monoisotopic (exact) mass is 199 g/mol. The number of hydrogen-bond acceptors (Lipinski definition) is 4. The Bertz CT molecular complexity index is 250. The van der Waals surface area contributed by atoms with Crippen LogP contribution in [0.25, 0.3) is 0 Å². The fraction of sp³-hybridized carbons (Fsp3) is 0.667. The van der Waals surface area contributed by atoms with E-state index in [1.807, 2.05) is 4.57 Å². The van der Waals surface area contributed by atoms with Crippen LogP contribution in [0.15, 0.2) is 12.5 Å². The van der Waals surface area contributed by atoms with E-state index in [-0.39, 0.29) is 0 Å². The second-order valence-electron chi connectivity index (χ2n) is 3.00. The molecule has 0 aliphatic heterocycles. The minimum Gasteiger partial charge on any atom is -0.385 e. The van der Waals surface area contributed by atoms with Gasteiger partial charge in [-0.25, -0.2) is 4.98 Å². The van der Waals surface area contributed by atoms with Gasteiger partial charge in [0, 0.05) is 33.1 Å². The van der Waals surface area contributed by atoms with Crippen LogP contribution in [-0.2, 0) is 16.0 Å². The molecule has 0 atom stereocenters. The van der Waals surface area contributed by atoms with Gasteiger partial charge in [0.1, 0.15) is 5.82 Å². The van der Waals surface area contributed by atoms with E-state index < -0.39 is 0 Å². The molecule has 0 spiro atoms. The lowest BCUT2D eigenvalue weighted by Gasteiger charge is -2.03. The molecule has 5 nitrogen and oxygen atoms in total. The van der Waals surface area contributed by atoms with Gasteiger partial charge in [-0.15, -0.1) is 0 Å². The van der Waals surface area contributed by atoms with E-state index in [2.05, 4.69) is 4.98 Å². The minimum atomic E-state index is 0.546. The van der Waals surface area contributed by atoms with E-state index >= 15 is 0 Å². The number of methoxy groups -OCH3 is 1. The average Bonchev–Trinajstić information content (AvgIpc) is 2.58. The van der Waals surface area contributed by atoms with E-state index in [0.717, 1.165) is 26.2 Å². The molecule has 1 heterocycles. The molecule has 0 amide bonds. The first kappa shape index (κ1) is 11.0. The maximum Gasteiger partial charge on any atom is 0.141 e. The Morgan fingerprint density at radius 1 is 1.43 bits per heavy atom. The van der Waals surface area contributed by atoms with Crippen LogP contribution >= 0.6 is 0 Å². The summed E-state index contributed by atoms with van der Waals surface area (Å²) in [6.07, 6.45) is 4.43. The van der Waals surface area contributed by atoms with Crippen LogP contribution in [0.5, 0.6) is 0 Å². The number of nitrogens with zero attached hydrogens (tertiary/aromatic N) is 2. The smallest absolute Gasteiger partial charge is 0.141 e. The van der Waals surface area contributed by atoms with Crippen LogP contribution in [0.1, 0.15) is 6.42 Å². The first-order valence-corrected chi connectivity index (χ1v) is 4.67. The van der Waals surface area contributed by atoms with Crippen LogP contribution < -0.4 is 5.73 Å². The normalized spacial score (nSPS) is 10.6. The van der Waals surface area contributed by atoms with Crippen molar-refractivity contribution in [1.29, 1.82) is 0 Å². The van der Waals surface area contributed by atoms with Crippen molar-refractivity contribution in [3.8, 4) is 0 Å². The molecule has 0 bridgehead atoms. The Kier molecular flexibility index (Phi) is 5.03. The second kappa shape index (κ2) is 6.39. The zero-order valence-corrected chi connectivity index (χ0v) is 8.48. The fourth-order valence-corrected chi connectivity index (χ4v) is 1.08. The van der Waals surface area contributed by atoms with Crippen molar-refractivity contribution >= 4 is 5.82 Å². The maximum atomic E-state index is 5.46. The van der Waals surface area contributed by atoms with E-state index in [4.69, 9.17) is 15.2 Å². The highest BCUT2D eigenvalue weighted by Gasteiger charge is 1.93. The first-order chi connectivity index (χ1) is 6.83. The number of ether oxygens (including phenoxy) is 2. The van der Waals surface area contributed by atoms with E-state index in [1.165, 1.54) is 0 Å². The summed E-state index contributed by atoms with van der Waals surface area (Å²) < 4.78 is 12.2. The summed E-state index contributed by atoms with van der Waals surface area (Å²) in [7, 11) is 1.69. The zero-order chi connectivity index (χ0) is 10.2. The predicted molar refractivity (Wildman–Crippen MR) is 54.0 cm³/mol. The Balaban J connectivity index is 1.99. The molecule has 0 aliphatic rings. The SMILES string of the molecule is COCCCOCCn1cnc(N)c1. The van der Waals surface area contributed by atoms with Gasteiger partial charge in [0.2, 0.25) is 0 Å². The third kappa shape index (κ3) is 4.25. The molecule has 1 aromatic heterocycles. The third-order valence-corrected chi connectivity index (χ3v) is 1.78. The number of nitrogen functional groups attached to an aromatic ring is 1. The summed E-state index contributed by atoms with van der Waals surface area (Å²) in [6.45, 7) is 2.95. The number of aromatic nitrogens is 2. The standard InChI is InChI=1S/C9H17N3O2/c1-13-4-2-5-14-6-3-12-7-9(10)11-8-12/h7-8H,2-6,10H2,1H3. The molecule has 14 heavy (non-hydrogen) atoms. The minimum absolute atomic E-state index is 0.546. The molecule has 2 N–H and O–H groups in total. The molecule has 0 saturated heterocycles. The first-order valence-electron chi connectivity index (χ1n) is 4.67. The highest BCUT2D eigenvalue weighted by Crippen LogP contribution is 1.96. The van der Waals surface area contributed by atoms with Gasteiger partial charge >= 0.3 is 0 Å². The fourth-order valence-electron chi connectivity index (χ4n) is 1.08. The van der Waals surface area contributed by atoms with Crippen LogP contribution in [-0.4, -0.2) is 36.5 Å². The molecule has 80 valence electrons. The largest absolute Gasteiger partial charge is 0.385 e. The van der Waals surface area contributed by atoms with Crippen LogP contribution in [0.2, 0.25) is 0 Å². The predicted octanol–water partition coefficient (Wildman–Crippen LogP) is 0.518. The highest BCUT2D eigenvalue weighted by molar-refractivity contribution is 5.22. The molecule has 0 aromatic carbocycles. The van der Waals surface area contributed by atoms with Gasteiger partial charge in [-0.1, -0.05) is 0 Å². The lowest BCUT2D eigenvalue weighted by Crippen LogP contribution is -2.06. The van der Waals surface area contributed by atoms with Crippen molar-refractivity contribution in [3.05, 3.63) is 12.5 Å². The summed E-state index contributed by atoms with van der Waals surface area (Å²) >= 11 is 0. The van der Waals surface area contributed by atoms with Gasteiger partial charge in [-0.3, -0.25) is 0 Å².